The molecule has 1 atom stereocenters. The third-order valence-electron chi connectivity index (χ3n) is 7.50. The van der Waals surface area contributed by atoms with E-state index in [1.165, 1.54) is 33.5 Å². The number of nitrogens with zero attached hydrogens (tertiary/aromatic N) is 3. The van der Waals surface area contributed by atoms with Crippen molar-refractivity contribution >= 4 is 33.4 Å². The number of aromatic nitrogens is 1. The molecule has 0 unspecified atom stereocenters. The maximum absolute atomic E-state index is 13.9. The summed E-state index contributed by atoms with van der Waals surface area (Å²) < 4.78 is 38.5. The van der Waals surface area contributed by atoms with E-state index < -0.39 is 22.0 Å². The van der Waals surface area contributed by atoms with E-state index in [1.54, 1.807) is 24.4 Å². The monoisotopic (exact) mass is 662 g/mol. The molecule has 1 aliphatic heterocycles. The lowest BCUT2D eigenvalue weighted by atomic mass is 10.0. The maximum atomic E-state index is 13.9. The first-order valence-electron chi connectivity index (χ1n) is 14.9. The Morgan fingerprint density at radius 3 is 2.28 bits per heavy atom. The van der Waals surface area contributed by atoms with Crippen LogP contribution in [0.5, 0.6) is 5.75 Å². The summed E-state index contributed by atoms with van der Waals surface area (Å²) in [5, 5.41) is 3.50. The van der Waals surface area contributed by atoms with Gasteiger partial charge in [-0.05, 0) is 59.7 Å². The normalized spacial score (nSPS) is 14.3. The summed E-state index contributed by atoms with van der Waals surface area (Å²) in [5.41, 5.74) is 2.35. The van der Waals surface area contributed by atoms with E-state index >= 15 is 0 Å². The van der Waals surface area contributed by atoms with E-state index in [9.17, 15) is 18.0 Å². The van der Waals surface area contributed by atoms with Gasteiger partial charge in [-0.3, -0.25) is 14.6 Å². The number of benzene rings is 3. The minimum absolute atomic E-state index is 0.130. The van der Waals surface area contributed by atoms with Gasteiger partial charge in [0.1, 0.15) is 11.8 Å². The number of rotatable bonds is 13. The first-order valence-corrected chi connectivity index (χ1v) is 16.7. The van der Waals surface area contributed by atoms with Crippen LogP contribution >= 0.6 is 11.6 Å². The van der Waals surface area contributed by atoms with Crippen molar-refractivity contribution in [1.29, 1.82) is 0 Å². The summed E-state index contributed by atoms with van der Waals surface area (Å²) in [6, 6.07) is 27.1. The van der Waals surface area contributed by atoms with E-state index in [2.05, 4.69) is 10.3 Å². The Bertz CT molecular complexity index is 1690. The lowest BCUT2D eigenvalue weighted by molar-refractivity contribution is -0.142. The SMILES string of the molecule is O=C(NCc1ccccn1)[C@H](Cc1ccccc1)N(Cc1ccc(Cl)cc1)C(=O)COc1ccc(S(=O)(=O)N2CCOCC2)cc1. The summed E-state index contributed by atoms with van der Waals surface area (Å²) in [7, 11) is -3.67. The van der Waals surface area contributed by atoms with Gasteiger partial charge in [0.25, 0.3) is 5.91 Å². The van der Waals surface area contributed by atoms with E-state index in [0.717, 1.165) is 11.1 Å². The summed E-state index contributed by atoms with van der Waals surface area (Å²) >= 11 is 6.11. The minimum atomic E-state index is -3.67. The van der Waals surface area contributed by atoms with Crippen LogP contribution in [0.2, 0.25) is 5.02 Å². The van der Waals surface area contributed by atoms with Crippen molar-refractivity contribution in [2.24, 2.45) is 0 Å². The molecular formula is C34H35ClN4O6S. The number of pyridine rings is 1. The van der Waals surface area contributed by atoms with Gasteiger partial charge in [-0.1, -0.05) is 60.1 Å². The predicted octanol–water partition coefficient (Wildman–Crippen LogP) is 4.09. The van der Waals surface area contributed by atoms with Crippen LogP contribution in [-0.4, -0.2) is 73.4 Å². The van der Waals surface area contributed by atoms with Crippen LogP contribution in [0.3, 0.4) is 0 Å². The van der Waals surface area contributed by atoms with E-state index in [-0.39, 0.29) is 50.0 Å². The average molecular weight is 663 g/mol. The van der Waals surface area contributed by atoms with Gasteiger partial charge in [-0.25, -0.2) is 8.42 Å². The molecule has 0 bridgehead atoms. The molecule has 0 spiro atoms. The number of hydrogen-bond donors (Lipinski definition) is 1. The van der Waals surface area contributed by atoms with Gasteiger partial charge in [0.05, 0.1) is 30.3 Å². The van der Waals surface area contributed by atoms with Gasteiger partial charge < -0.3 is 19.7 Å². The van der Waals surface area contributed by atoms with Gasteiger partial charge in [-0.2, -0.15) is 4.31 Å². The second-order valence-corrected chi connectivity index (χ2v) is 13.0. The van der Waals surface area contributed by atoms with Crippen molar-refractivity contribution < 1.29 is 27.5 Å². The highest BCUT2D eigenvalue weighted by Gasteiger charge is 2.31. The van der Waals surface area contributed by atoms with Crippen LogP contribution in [0.4, 0.5) is 0 Å². The molecule has 2 amide bonds. The number of ether oxygens (including phenoxy) is 2. The highest BCUT2D eigenvalue weighted by molar-refractivity contribution is 7.89. The molecule has 0 saturated carbocycles. The smallest absolute Gasteiger partial charge is 0.261 e. The summed E-state index contributed by atoms with van der Waals surface area (Å²) in [6.07, 6.45) is 1.92. The highest BCUT2D eigenvalue weighted by Crippen LogP contribution is 2.22. The molecule has 10 nitrogen and oxygen atoms in total. The zero-order valence-electron chi connectivity index (χ0n) is 25.1. The first-order chi connectivity index (χ1) is 22.3. The first kappa shape index (κ1) is 33.1. The standard InChI is InChI=1S/C34H35ClN4O6S/c35-28-11-9-27(10-12-28)24-39(32(22-26-6-2-1-3-7-26)34(41)37-23-29-8-4-5-17-36-29)33(40)25-45-30-13-15-31(16-14-30)46(42,43)38-18-20-44-21-19-38/h1-17,32H,18-25H2,(H,37,41)/t32-/m0/s1. The van der Waals surface area contributed by atoms with Gasteiger partial charge in [0.15, 0.2) is 6.61 Å². The van der Waals surface area contributed by atoms with Crippen molar-refractivity contribution in [3.05, 3.63) is 125 Å². The number of carbonyl (C=O) groups is 2. The quantitative estimate of drug-likeness (QED) is 0.229. The molecule has 5 rings (SSSR count). The van der Waals surface area contributed by atoms with Crippen LogP contribution in [0.1, 0.15) is 16.8 Å². The molecule has 2 heterocycles. The predicted molar refractivity (Wildman–Crippen MR) is 174 cm³/mol. The fourth-order valence-corrected chi connectivity index (χ4v) is 6.54. The fraction of sp³-hybridized carbons (Fsp3) is 0.265. The number of morpholine rings is 1. The molecule has 46 heavy (non-hydrogen) atoms. The lowest BCUT2D eigenvalue weighted by Gasteiger charge is -2.31. The molecule has 4 aromatic rings. The van der Waals surface area contributed by atoms with Crippen molar-refractivity contribution in [3.63, 3.8) is 0 Å². The zero-order chi connectivity index (χ0) is 32.4. The van der Waals surface area contributed by atoms with Crippen molar-refractivity contribution in [3.8, 4) is 5.75 Å². The summed E-state index contributed by atoms with van der Waals surface area (Å²) in [5.74, 6) is -0.441. The van der Waals surface area contributed by atoms with Crippen LogP contribution in [0.25, 0.3) is 0 Å². The Morgan fingerprint density at radius 1 is 0.913 bits per heavy atom. The van der Waals surface area contributed by atoms with E-state index in [4.69, 9.17) is 21.1 Å². The van der Waals surface area contributed by atoms with Crippen LogP contribution in [0, 0.1) is 0 Å². The molecule has 1 aliphatic rings. The zero-order valence-corrected chi connectivity index (χ0v) is 26.7. The molecule has 0 aliphatic carbocycles. The van der Waals surface area contributed by atoms with Gasteiger partial charge in [0, 0.05) is 37.3 Å². The number of hydrogen-bond acceptors (Lipinski definition) is 7. The van der Waals surface area contributed by atoms with E-state index in [0.29, 0.717) is 29.7 Å². The second kappa shape index (κ2) is 15.8. The van der Waals surface area contributed by atoms with Crippen molar-refractivity contribution in [1.82, 2.24) is 19.5 Å². The topological polar surface area (TPSA) is 118 Å². The van der Waals surface area contributed by atoms with Crippen LogP contribution in [-0.2, 0) is 43.9 Å². The molecular weight excluding hydrogens is 628 g/mol. The Hall–Kier alpha value is -4.29. The molecule has 1 saturated heterocycles. The molecule has 240 valence electrons. The largest absolute Gasteiger partial charge is 0.484 e. The Morgan fingerprint density at radius 2 is 1.61 bits per heavy atom. The molecule has 1 fully saturated rings. The molecule has 3 aromatic carbocycles. The summed E-state index contributed by atoms with van der Waals surface area (Å²) in [4.78, 5) is 33.6. The fourth-order valence-electron chi connectivity index (χ4n) is 5.01. The third kappa shape index (κ3) is 8.91. The Labute approximate surface area is 274 Å². The molecule has 1 aromatic heterocycles. The van der Waals surface area contributed by atoms with Gasteiger partial charge in [-0.15, -0.1) is 0 Å². The number of sulfonamides is 1. The molecule has 12 heteroatoms. The van der Waals surface area contributed by atoms with Crippen LogP contribution < -0.4 is 10.1 Å². The Balaban J connectivity index is 1.35. The number of carbonyl (C=O) groups excluding carboxylic acids is 2. The number of amides is 2. The number of halogens is 1. The van der Waals surface area contributed by atoms with Gasteiger partial charge in [0.2, 0.25) is 15.9 Å². The Kier molecular flexibility index (Phi) is 11.4. The minimum Gasteiger partial charge on any atom is -0.484 e. The molecule has 1 N–H and O–H groups in total. The number of nitrogens with one attached hydrogen (secondary N) is 1. The third-order valence-corrected chi connectivity index (χ3v) is 9.67. The average Bonchev–Trinajstić information content (AvgIpc) is 3.10. The van der Waals surface area contributed by atoms with Crippen molar-refractivity contribution in [2.75, 3.05) is 32.9 Å². The summed E-state index contributed by atoms with van der Waals surface area (Å²) in [6.45, 7) is 1.23. The molecule has 0 radical (unpaired) electrons. The van der Waals surface area contributed by atoms with Crippen LogP contribution in [0.15, 0.2) is 108 Å². The maximum Gasteiger partial charge on any atom is 0.261 e. The van der Waals surface area contributed by atoms with Crippen molar-refractivity contribution in [2.45, 2.75) is 30.4 Å². The van der Waals surface area contributed by atoms with Gasteiger partial charge >= 0.3 is 0 Å². The van der Waals surface area contributed by atoms with E-state index in [1.807, 2.05) is 54.6 Å². The lowest BCUT2D eigenvalue weighted by Crippen LogP contribution is -2.51. The second-order valence-electron chi connectivity index (χ2n) is 10.7. The highest BCUT2D eigenvalue weighted by atomic mass is 35.5.